The number of unbranched alkanes of at least 4 members (excludes halogenated alkanes) is 5. The molecule has 16 nitrogen and oxygen atoms in total. The summed E-state index contributed by atoms with van der Waals surface area (Å²) < 4.78 is 27.9. The quantitative estimate of drug-likeness (QED) is 0.0408. The minimum atomic E-state index is -0.635. The molecule has 74 heavy (non-hydrogen) atoms. The number of carbonyl (C=O) groups is 5. The zero-order valence-corrected chi connectivity index (χ0v) is 42.4. The Balaban J connectivity index is 0.706. The summed E-state index contributed by atoms with van der Waals surface area (Å²) in [6.45, 7) is 7.73. The highest BCUT2D eigenvalue weighted by molar-refractivity contribution is 6.11. The average molecular weight is 1010 g/mol. The second-order valence-electron chi connectivity index (χ2n) is 20.4. The molecule has 2 unspecified atom stereocenters. The van der Waals surface area contributed by atoms with Crippen LogP contribution in [0.4, 0.5) is 37.3 Å². The lowest BCUT2D eigenvalue weighted by Crippen LogP contribution is -2.48. The van der Waals surface area contributed by atoms with E-state index in [1.54, 1.807) is 0 Å². The number of imide groups is 1. The van der Waals surface area contributed by atoms with E-state index in [0.717, 1.165) is 119 Å². The third kappa shape index (κ3) is 13.5. The maximum absolute atomic E-state index is 14.2. The Labute approximate surface area is 431 Å². The number of hydrogen-bond acceptors (Lipinski definition) is 11. The molecule has 392 valence electrons. The van der Waals surface area contributed by atoms with Crippen LogP contribution >= 0.6 is 0 Å². The molecule has 4 fully saturated rings. The summed E-state index contributed by atoms with van der Waals surface area (Å²) in [6.07, 6.45) is 9.51. The van der Waals surface area contributed by atoms with Crippen LogP contribution in [0.3, 0.4) is 0 Å². The first kappa shape index (κ1) is 51.8. The van der Waals surface area contributed by atoms with Gasteiger partial charge in [-0.05, 0) is 123 Å². The monoisotopic (exact) mass is 1010 g/mol. The molecule has 0 bridgehead atoms. The van der Waals surface area contributed by atoms with Gasteiger partial charge in [0.1, 0.15) is 17.7 Å². The molecule has 0 spiro atoms. The van der Waals surface area contributed by atoms with Crippen molar-refractivity contribution in [3.05, 3.63) is 107 Å². The lowest BCUT2D eigenvalue weighted by molar-refractivity contribution is -0.134. The number of aromatic nitrogens is 2. The van der Waals surface area contributed by atoms with E-state index in [9.17, 15) is 32.8 Å². The van der Waals surface area contributed by atoms with E-state index in [4.69, 9.17) is 0 Å². The Morgan fingerprint density at radius 3 is 2.05 bits per heavy atom. The Bertz CT molecular complexity index is 2770. The minimum absolute atomic E-state index is 0.0508. The molecular weight excluding hydrogens is 945 g/mol. The van der Waals surface area contributed by atoms with Crippen molar-refractivity contribution in [2.45, 2.75) is 95.6 Å². The van der Waals surface area contributed by atoms with E-state index in [-0.39, 0.29) is 35.6 Å². The van der Waals surface area contributed by atoms with Gasteiger partial charge >= 0.3 is 0 Å². The van der Waals surface area contributed by atoms with Crippen molar-refractivity contribution >= 4 is 69.0 Å². The van der Waals surface area contributed by atoms with Crippen molar-refractivity contribution in [1.29, 1.82) is 0 Å². The highest BCUT2D eigenvalue weighted by Gasteiger charge is 2.28. The van der Waals surface area contributed by atoms with Gasteiger partial charge < -0.3 is 40.4 Å². The fraction of sp³-hybridized carbons (Fsp3) is 0.464. The van der Waals surface area contributed by atoms with Crippen molar-refractivity contribution in [2.24, 2.45) is 0 Å². The molecule has 4 saturated heterocycles. The number of amides is 5. The third-order valence-electron chi connectivity index (χ3n) is 14.9. The lowest BCUT2D eigenvalue weighted by atomic mass is 10.0. The van der Waals surface area contributed by atoms with Crippen LogP contribution in [-0.2, 0) is 25.6 Å². The van der Waals surface area contributed by atoms with Crippen molar-refractivity contribution in [3.63, 3.8) is 0 Å². The van der Waals surface area contributed by atoms with Crippen molar-refractivity contribution in [1.82, 2.24) is 30.2 Å². The first-order valence-electron chi connectivity index (χ1n) is 26.5. The number of likely N-dealkylation sites (N-methyl/N-ethyl adjacent to an activating group) is 1. The van der Waals surface area contributed by atoms with Gasteiger partial charge in [0, 0.05) is 125 Å². The summed E-state index contributed by atoms with van der Waals surface area (Å²) in [5.41, 5.74) is 6.09. The smallest absolute Gasteiger partial charge is 0.258 e. The van der Waals surface area contributed by atoms with Crippen molar-refractivity contribution < 1.29 is 32.8 Å². The number of carbonyl (C=O) groups excluding carboxylic acids is 5. The average Bonchev–Trinajstić information content (AvgIpc) is 3.79. The number of likely N-dealkylation sites (tertiary alicyclic amines) is 1. The highest BCUT2D eigenvalue weighted by Crippen LogP contribution is 2.30. The van der Waals surface area contributed by atoms with E-state index in [1.807, 2.05) is 70.5 Å². The number of anilines is 5. The molecule has 5 N–H and O–H groups in total. The molecule has 0 radical (unpaired) electrons. The fourth-order valence-electron chi connectivity index (χ4n) is 10.6. The van der Waals surface area contributed by atoms with E-state index in [2.05, 4.69) is 53.2 Å². The Hall–Kier alpha value is -7.08. The van der Waals surface area contributed by atoms with E-state index >= 15 is 0 Å². The van der Waals surface area contributed by atoms with Crippen LogP contribution < -0.4 is 31.1 Å². The number of hydrogen-bond donors (Lipinski definition) is 5. The maximum atomic E-state index is 14.2. The van der Waals surface area contributed by atoms with Crippen molar-refractivity contribution in [2.75, 3.05) is 98.2 Å². The summed E-state index contributed by atoms with van der Waals surface area (Å²) in [6, 6.07) is 22.4. The van der Waals surface area contributed by atoms with Gasteiger partial charge in [-0.3, -0.25) is 34.4 Å². The number of H-pyrrole nitrogens is 1. The molecule has 1 aromatic heterocycles. The molecule has 5 amide bonds. The Kier molecular flexibility index (Phi) is 17.0. The van der Waals surface area contributed by atoms with E-state index in [1.165, 1.54) is 12.1 Å². The van der Waals surface area contributed by atoms with Crippen LogP contribution in [0.2, 0.25) is 0 Å². The molecular formula is C56H69F2N11O5. The fourth-order valence-corrected chi connectivity index (χ4v) is 10.6. The second-order valence-corrected chi connectivity index (χ2v) is 20.4. The maximum Gasteiger partial charge on any atom is 0.258 e. The topological polar surface area (TPSA) is 178 Å². The Morgan fingerprint density at radius 2 is 1.34 bits per heavy atom. The molecule has 0 aliphatic carbocycles. The highest BCUT2D eigenvalue weighted by atomic mass is 19.1. The van der Waals surface area contributed by atoms with Crippen LogP contribution in [0.25, 0.3) is 10.9 Å². The lowest BCUT2D eigenvalue weighted by Gasteiger charge is -2.36. The van der Waals surface area contributed by atoms with Gasteiger partial charge in [0.15, 0.2) is 5.82 Å². The predicted molar refractivity (Wildman–Crippen MR) is 285 cm³/mol. The van der Waals surface area contributed by atoms with Gasteiger partial charge in [-0.1, -0.05) is 31.7 Å². The molecule has 4 aliphatic heterocycles. The van der Waals surface area contributed by atoms with E-state index < -0.39 is 17.7 Å². The SMILES string of the molecule is CN1CCN(c2ccc(C(=O)Nc3n[nH]c4ccc(Cc5cc(F)cc(F)c5)cc34)c(NC3CCCN(C(=O)CCCCCCCCC(=O)N4CCN(c5ccc(NC6CCC(=O)NC6=O)cc5)CC4)C3)c2)CC1. The number of rotatable bonds is 19. The molecule has 9 rings (SSSR count). The number of piperazine rings is 2. The summed E-state index contributed by atoms with van der Waals surface area (Å²) in [5.74, 6) is -1.43. The molecule has 5 aromatic rings. The van der Waals surface area contributed by atoms with Gasteiger partial charge in [0.05, 0.1) is 11.1 Å². The summed E-state index contributed by atoms with van der Waals surface area (Å²) in [4.78, 5) is 75.3. The van der Waals surface area contributed by atoms with Crippen LogP contribution in [0, 0.1) is 11.6 Å². The molecule has 4 aromatic carbocycles. The molecule has 2 atom stereocenters. The van der Waals surface area contributed by atoms with Crippen LogP contribution in [0.5, 0.6) is 0 Å². The second kappa shape index (κ2) is 24.3. The third-order valence-corrected chi connectivity index (χ3v) is 14.9. The summed E-state index contributed by atoms with van der Waals surface area (Å²) in [5, 5.41) is 20.4. The number of piperidine rings is 2. The first-order valence-corrected chi connectivity index (χ1v) is 26.5. The zero-order valence-electron chi connectivity index (χ0n) is 42.4. The number of nitrogens with one attached hydrogen (secondary N) is 5. The van der Waals surface area contributed by atoms with Gasteiger partial charge in [0.2, 0.25) is 23.6 Å². The molecule has 4 aliphatic rings. The van der Waals surface area contributed by atoms with Crippen molar-refractivity contribution in [3.8, 4) is 0 Å². The van der Waals surface area contributed by atoms with Crippen LogP contribution in [0.15, 0.2) is 78.9 Å². The minimum Gasteiger partial charge on any atom is -0.380 e. The standard InChI is InChI=1S/C56H69F2N11O5/c1-65-23-25-67(26-24-65)45-17-18-46(55(73)62-54-47-34-38(12-19-48(47)63-64-54)31-39-32-40(57)35-41(58)33-39)50(36-45)60-43-9-8-22-69(37-43)53(72)11-7-5-3-2-4-6-10-52(71)68-29-27-66(28-30-68)44-15-13-42(14-16-44)59-49-20-21-51(70)61-56(49)74/h12-19,32-36,43,49,59-60H,2-11,20-31,37H2,1H3,(H,61,70,74)(H2,62,63,64,73). The van der Waals surface area contributed by atoms with Gasteiger partial charge in [0.25, 0.3) is 5.91 Å². The zero-order chi connectivity index (χ0) is 51.6. The van der Waals surface area contributed by atoms with Crippen LogP contribution in [-0.4, -0.2) is 139 Å². The molecule has 18 heteroatoms. The summed E-state index contributed by atoms with van der Waals surface area (Å²) >= 11 is 0. The summed E-state index contributed by atoms with van der Waals surface area (Å²) in [7, 11) is 2.12. The number of fused-ring (bicyclic) bond motifs is 1. The van der Waals surface area contributed by atoms with Gasteiger partial charge in [-0.2, -0.15) is 5.10 Å². The number of nitrogens with zero attached hydrogens (tertiary/aromatic N) is 6. The number of benzene rings is 4. The van der Waals surface area contributed by atoms with Gasteiger partial charge in [-0.15, -0.1) is 0 Å². The van der Waals surface area contributed by atoms with Gasteiger partial charge in [-0.25, -0.2) is 8.78 Å². The van der Waals surface area contributed by atoms with Crippen LogP contribution in [0.1, 0.15) is 98.5 Å². The predicted octanol–water partition coefficient (Wildman–Crippen LogP) is 7.53. The Morgan fingerprint density at radius 1 is 0.676 bits per heavy atom. The molecule has 5 heterocycles. The normalized spacial score (nSPS) is 18.6. The number of aromatic amines is 1. The van der Waals surface area contributed by atoms with E-state index in [0.29, 0.717) is 91.8 Å². The first-order chi connectivity index (χ1) is 35.9. The largest absolute Gasteiger partial charge is 0.380 e. The number of halogens is 2. The molecule has 0 saturated carbocycles.